The van der Waals surface area contributed by atoms with Gasteiger partial charge in [-0.2, -0.15) is 5.26 Å². The lowest BCUT2D eigenvalue weighted by Crippen LogP contribution is -2.18. The minimum absolute atomic E-state index is 0.514. The van der Waals surface area contributed by atoms with Crippen LogP contribution in [0.15, 0.2) is 29.8 Å². The van der Waals surface area contributed by atoms with E-state index in [1.165, 1.54) is 5.57 Å². The molecule has 2 heteroatoms. The highest BCUT2D eigenvalue weighted by Gasteiger charge is 2.03. The van der Waals surface area contributed by atoms with E-state index < -0.39 is 0 Å². The van der Waals surface area contributed by atoms with Crippen LogP contribution in [0.3, 0.4) is 0 Å². The van der Waals surface area contributed by atoms with E-state index in [1.54, 1.807) is 0 Å². The van der Waals surface area contributed by atoms with Crippen LogP contribution in [-0.2, 0) is 0 Å². The van der Waals surface area contributed by atoms with Crippen molar-refractivity contribution in [1.82, 2.24) is 5.32 Å². The third-order valence-corrected chi connectivity index (χ3v) is 2.69. The molecule has 17 heavy (non-hydrogen) atoms. The van der Waals surface area contributed by atoms with Crippen LogP contribution in [0.25, 0.3) is 6.08 Å². The molecule has 0 amide bonds. The molecular weight excluding hydrogens is 208 g/mol. The molecule has 1 aromatic rings. The second kappa shape index (κ2) is 6.88. The predicted octanol–water partition coefficient (Wildman–Crippen LogP) is 3.21. The Balaban J connectivity index is 2.92. The van der Waals surface area contributed by atoms with Gasteiger partial charge in [0.2, 0.25) is 0 Å². The van der Waals surface area contributed by atoms with E-state index in [0.717, 1.165) is 18.7 Å². The van der Waals surface area contributed by atoms with Crippen LogP contribution >= 0.6 is 0 Å². The first-order chi connectivity index (χ1) is 8.17. The molecule has 0 saturated heterocycles. The third kappa shape index (κ3) is 4.42. The number of nitriles is 1. The summed E-state index contributed by atoms with van der Waals surface area (Å²) in [6, 6.07) is 9.89. The van der Waals surface area contributed by atoms with E-state index in [4.69, 9.17) is 5.26 Å². The van der Waals surface area contributed by atoms with Gasteiger partial charge in [0.05, 0.1) is 11.6 Å². The fraction of sp³-hybridized carbons (Fsp3) is 0.400. The number of nitrogens with zero attached hydrogens (tertiary/aromatic N) is 1. The van der Waals surface area contributed by atoms with Crippen LogP contribution in [0.2, 0.25) is 0 Å². The summed E-state index contributed by atoms with van der Waals surface area (Å²) in [4.78, 5) is 0. The molecule has 0 bridgehead atoms. The third-order valence-electron chi connectivity index (χ3n) is 2.69. The number of nitrogens with one attached hydrogen (secondary N) is 1. The number of hydrogen-bond donors (Lipinski definition) is 1. The summed E-state index contributed by atoms with van der Waals surface area (Å²) < 4.78 is 0. The van der Waals surface area contributed by atoms with Gasteiger partial charge in [-0.3, -0.25) is 0 Å². The first kappa shape index (κ1) is 13.5. The highest BCUT2D eigenvalue weighted by molar-refractivity contribution is 5.55. The van der Waals surface area contributed by atoms with Crippen molar-refractivity contribution >= 4 is 6.08 Å². The molecule has 1 rings (SSSR count). The Labute approximate surface area is 104 Å². The zero-order valence-electron chi connectivity index (χ0n) is 10.8. The van der Waals surface area contributed by atoms with Gasteiger partial charge in [0, 0.05) is 6.54 Å². The van der Waals surface area contributed by atoms with E-state index in [-0.39, 0.29) is 0 Å². The van der Waals surface area contributed by atoms with Crippen molar-refractivity contribution in [3.8, 4) is 6.07 Å². The van der Waals surface area contributed by atoms with Gasteiger partial charge in [-0.1, -0.05) is 44.6 Å². The van der Waals surface area contributed by atoms with Crippen molar-refractivity contribution in [2.24, 2.45) is 5.92 Å². The molecule has 1 N–H and O–H groups in total. The van der Waals surface area contributed by atoms with Gasteiger partial charge in [-0.15, -0.1) is 0 Å². The minimum Gasteiger partial charge on any atom is -0.313 e. The number of hydrogen-bond acceptors (Lipinski definition) is 2. The van der Waals surface area contributed by atoms with Crippen molar-refractivity contribution in [3.63, 3.8) is 0 Å². The zero-order valence-corrected chi connectivity index (χ0v) is 10.8. The Bertz CT molecular complexity index is 425. The fourth-order valence-corrected chi connectivity index (χ4v) is 1.60. The van der Waals surface area contributed by atoms with Gasteiger partial charge in [0.15, 0.2) is 0 Å². The maximum atomic E-state index is 8.86. The summed E-state index contributed by atoms with van der Waals surface area (Å²) in [6.45, 7) is 8.37. The lowest BCUT2D eigenvalue weighted by atomic mass is 9.99. The highest BCUT2D eigenvalue weighted by Crippen LogP contribution is 2.15. The Morgan fingerprint density at radius 3 is 2.82 bits per heavy atom. The van der Waals surface area contributed by atoms with Crippen molar-refractivity contribution in [2.75, 3.05) is 13.1 Å². The topological polar surface area (TPSA) is 35.8 Å². The molecule has 0 fully saturated rings. The van der Waals surface area contributed by atoms with E-state index in [1.807, 2.05) is 24.3 Å². The maximum absolute atomic E-state index is 8.86. The van der Waals surface area contributed by atoms with Crippen LogP contribution in [0.4, 0.5) is 0 Å². The fourth-order valence-electron chi connectivity index (χ4n) is 1.60. The summed E-state index contributed by atoms with van der Waals surface area (Å²) in [6.07, 6.45) is 2.17. The largest absolute Gasteiger partial charge is 0.313 e. The van der Waals surface area contributed by atoms with Crippen molar-refractivity contribution in [2.45, 2.75) is 20.8 Å². The predicted molar refractivity (Wildman–Crippen MR) is 72.5 cm³/mol. The number of benzene rings is 1. The molecule has 0 radical (unpaired) electrons. The molecule has 90 valence electrons. The summed E-state index contributed by atoms with van der Waals surface area (Å²) in [7, 11) is 0. The smallest absolute Gasteiger partial charge is 0.0991 e. The van der Waals surface area contributed by atoms with Crippen LogP contribution in [0, 0.1) is 17.2 Å². The average molecular weight is 228 g/mol. The van der Waals surface area contributed by atoms with Crippen molar-refractivity contribution in [3.05, 3.63) is 41.0 Å². The summed E-state index contributed by atoms with van der Waals surface area (Å²) in [5.41, 5.74) is 3.18. The monoisotopic (exact) mass is 228 g/mol. The number of likely N-dealkylation sites (N-methyl/N-ethyl adjacent to an activating group) is 1. The second-order valence-corrected chi connectivity index (χ2v) is 4.39. The Kier molecular flexibility index (Phi) is 5.45. The zero-order chi connectivity index (χ0) is 12.7. The summed E-state index contributed by atoms with van der Waals surface area (Å²) in [5.74, 6) is 0.514. The molecule has 0 aliphatic heterocycles. The Hall–Kier alpha value is -1.59. The van der Waals surface area contributed by atoms with Gasteiger partial charge in [0.25, 0.3) is 0 Å². The van der Waals surface area contributed by atoms with Gasteiger partial charge in [-0.25, -0.2) is 0 Å². The quantitative estimate of drug-likeness (QED) is 0.840. The molecule has 0 atom stereocenters. The molecule has 0 aliphatic rings. The lowest BCUT2D eigenvalue weighted by molar-refractivity contribution is 0.682. The van der Waals surface area contributed by atoms with Crippen LogP contribution in [0.5, 0.6) is 0 Å². The van der Waals surface area contributed by atoms with Gasteiger partial charge >= 0.3 is 0 Å². The summed E-state index contributed by atoms with van der Waals surface area (Å²) in [5, 5.41) is 12.2. The van der Waals surface area contributed by atoms with E-state index in [9.17, 15) is 0 Å². The SMILES string of the molecule is CCNCC(=Cc1cccc(C#N)c1)C(C)C. The molecule has 0 saturated carbocycles. The van der Waals surface area contributed by atoms with Gasteiger partial charge in [-0.05, 0) is 30.2 Å². The first-order valence-corrected chi connectivity index (χ1v) is 6.08. The number of rotatable bonds is 5. The van der Waals surface area contributed by atoms with E-state index in [0.29, 0.717) is 11.5 Å². The maximum Gasteiger partial charge on any atom is 0.0991 e. The van der Waals surface area contributed by atoms with Gasteiger partial charge < -0.3 is 5.32 Å². The van der Waals surface area contributed by atoms with Crippen molar-refractivity contribution < 1.29 is 0 Å². The van der Waals surface area contributed by atoms with E-state index >= 15 is 0 Å². The summed E-state index contributed by atoms with van der Waals surface area (Å²) >= 11 is 0. The first-order valence-electron chi connectivity index (χ1n) is 6.08. The Morgan fingerprint density at radius 2 is 2.24 bits per heavy atom. The average Bonchev–Trinajstić information content (AvgIpc) is 2.34. The molecule has 0 heterocycles. The lowest BCUT2D eigenvalue weighted by Gasteiger charge is -2.12. The normalized spacial score (nSPS) is 11.6. The highest BCUT2D eigenvalue weighted by atomic mass is 14.8. The van der Waals surface area contributed by atoms with Gasteiger partial charge in [0.1, 0.15) is 0 Å². The molecule has 1 aromatic carbocycles. The van der Waals surface area contributed by atoms with Crippen LogP contribution in [-0.4, -0.2) is 13.1 Å². The molecule has 0 unspecified atom stereocenters. The molecule has 0 spiro atoms. The molecule has 2 nitrogen and oxygen atoms in total. The van der Waals surface area contributed by atoms with Crippen LogP contribution < -0.4 is 5.32 Å². The van der Waals surface area contributed by atoms with Crippen molar-refractivity contribution in [1.29, 1.82) is 5.26 Å². The Morgan fingerprint density at radius 1 is 1.47 bits per heavy atom. The molecular formula is C15H20N2. The minimum atomic E-state index is 0.514. The molecule has 0 aromatic heterocycles. The van der Waals surface area contributed by atoms with E-state index in [2.05, 4.69) is 38.2 Å². The standard InChI is InChI=1S/C15H20N2/c1-4-17-11-15(12(2)3)9-13-6-5-7-14(8-13)10-16/h5-9,12,17H,4,11H2,1-3H3. The second-order valence-electron chi connectivity index (χ2n) is 4.39. The van der Waals surface area contributed by atoms with Crippen LogP contribution in [0.1, 0.15) is 31.9 Å². The molecule has 0 aliphatic carbocycles.